The summed E-state index contributed by atoms with van der Waals surface area (Å²) in [5.74, 6) is 0.144. The van der Waals surface area contributed by atoms with Gasteiger partial charge in [-0.3, -0.25) is 19.3 Å². The van der Waals surface area contributed by atoms with Gasteiger partial charge in [-0.2, -0.15) is 0 Å². The summed E-state index contributed by atoms with van der Waals surface area (Å²) in [7, 11) is 0. The Balaban J connectivity index is 1.21. The zero-order valence-electron chi connectivity index (χ0n) is 17.7. The molecule has 1 aliphatic carbocycles. The van der Waals surface area contributed by atoms with E-state index in [-0.39, 0.29) is 17.6 Å². The topological polar surface area (TPSA) is 60.9 Å². The molecule has 2 fully saturated rings. The van der Waals surface area contributed by atoms with Gasteiger partial charge in [-0.15, -0.1) is 0 Å². The summed E-state index contributed by atoms with van der Waals surface area (Å²) in [5.41, 5.74) is 3.70. The fraction of sp³-hybridized carbons (Fsp3) is 0.400. The number of rotatable bonds is 3. The fourth-order valence-corrected chi connectivity index (χ4v) is 4.89. The third-order valence-electron chi connectivity index (χ3n) is 6.70. The molecule has 6 heteroatoms. The number of piperidine rings is 1. The molecule has 0 bridgehead atoms. The lowest BCUT2D eigenvalue weighted by molar-refractivity contribution is -0.133. The standard InChI is InChI=1S/C25H27N3O3/c29-23(27-10-4-1-5-11-27)17-26-12-14-28(15-13-26)25(31)18-8-9-20-19-6-2-3-7-21(19)24(30)22(20)16-18/h2-3,6-9,16H,1,4-5,10-15,17H2. The number of hydrogen-bond acceptors (Lipinski definition) is 4. The second-order valence-corrected chi connectivity index (χ2v) is 8.64. The van der Waals surface area contributed by atoms with Crippen LogP contribution in [-0.2, 0) is 4.79 Å². The Morgan fingerprint density at radius 2 is 1.39 bits per heavy atom. The van der Waals surface area contributed by atoms with Crippen LogP contribution in [0.4, 0.5) is 0 Å². The molecule has 0 atom stereocenters. The highest BCUT2D eigenvalue weighted by Crippen LogP contribution is 2.36. The van der Waals surface area contributed by atoms with E-state index in [4.69, 9.17) is 0 Å². The van der Waals surface area contributed by atoms with Crippen molar-refractivity contribution in [3.05, 3.63) is 59.2 Å². The quantitative estimate of drug-likeness (QED) is 0.657. The average Bonchev–Trinajstić information content (AvgIpc) is 3.11. The number of carbonyl (C=O) groups excluding carboxylic acids is 3. The summed E-state index contributed by atoms with van der Waals surface area (Å²) in [6.45, 7) is 4.76. The molecular weight excluding hydrogens is 390 g/mol. The summed E-state index contributed by atoms with van der Waals surface area (Å²) in [6, 6.07) is 13.0. The van der Waals surface area contributed by atoms with Gasteiger partial charge in [0.1, 0.15) is 0 Å². The van der Waals surface area contributed by atoms with Crippen LogP contribution in [0.5, 0.6) is 0 Å². The molecule has 2 aliphatic heterocycles. The molecule has 0 aromatic heterocycles. The third-order valence-corrected chi connectivity index (χ3v) is 6.70. The first kappa shape index (κ1) is 19.9. The first-order chi connectivity index (χ1) is 15.1. The van der Waals surface area contributed by atoms with Crippen LogP contribution < -0.4 is 0 Å². The lowest BCUT2D eigenvalue weighted by Crippen LogP contribution is -2.52. The number of nitrogens with zero attached hydrogens (tertiary/aromatic N) is 3. The van der Waals surface area contributed by atoms with Crippen molar-refractivity contribution in [2.24, 2.45) is 0 Å². The molecule has 0 spiro atoms. The summed E-state index contributed by atoms with van der Waals surface area (Å²) in [6.07, 6.45) is 3.41. The van der Waals surface area contributed by atoms with Gasteiger partial charge in [-0.1, -0.05) is 30.3 Å². The molecule has 0 radical (unpaired) electrons. The predicted molar refractivity (Wildman–Crippen MR) is 118 cm³/mol. The van der Waals surface area contributed by atoms with E-state index in [9.17, 15) is 14.4 Å². The van der Waals surface area contributed by atoms with Gasteiger partial charge in [0.2, 0.25) is 5.91 Å². The van der Waals surface area contributed by atoms with E-state index in [0.29, 0.717) is 49.4 Å². The minimum absolute atomic E-state index is 0.0127. The largest absolute Gasteiger partial charge is 0.342 e. The molecule has 2 aromatic carbocycles. The Morgan fingerprint density at radius 3 is 2.13 bits per heavy atom. The van der Waals surface area contributed by atoms with Gasteiger partial charge in [0.15, 0.2) is 5.78 Å². The van der Waals surface area contributed by atoms with Gasteiger partial charge in [0, 0.05) is 56.0 Å². The Morgan fingerprint density at radius 1 is 0.710 bits per heavy atom. The van der Waals surface area contributed by atoms with Crippen molar-refractivity contribution in [1.29, 1.82) is 0 Å². The first-order valence-corrected chi connectivity index (χ1v) is 11.2. The van der Waals surface area contributed by atoms with E-state index in [0.717, 1.165) is 37.1 Å². The highest BCUT2D eigenvalue weighted by Gasteiger charge is 2.29. The molecular formula is C25H27N3O3. The Labute approximate surface area is 182 Å². The fourth-order valence-electron chi connectivity index (χ4n) is 4.89. The number of hydrogen-bond donors (Lipinski definition) is 0. The Bertz CT molecular complexity index is 1030. The zero-order chi connectivity index (χ0) is 21.4. The maximum absolute atomic E-state index is 13.1. The van der Waals surface area contributed by atoms with Crippen LogP contribution in [-0.4, -0.2) is 78.1 Å². The van der Waals surface area contributed by atoms with E-state index in [1.54, 1.807) is 6.07 Å². The number of likely N-dealkylation sites (tertiary alicyclic amines) is 1. The minimum Gasteiger partial charge on any atom is -0.342 e. The summed E-state index contributed by atoms with van der Waals surface area (Å²) < 4.78 is 0. The van der Waals surface area contributed by atoms with Crippen molar-refractivity contribution in [1.82, 2.24) is 14.7 Å². The molecule has 0 N–H and O–H groups in total. The average molecular weight is 418 g/mol. The molecule has 0 saturated carbocycles. The van der Waals surface area contributed by atoms with Crippen LogP contribution in [0.15, 0.2) is 42.5 Å². The molecule has 160 valence electrons. The summed E-state index contributed by atoms with van der Waals surface area (Å²) >= 11 is 0. The molecule has 2 amide bonds. The van der Waals surface area contributed by atoms with Gasteiger partial charge in [0.05, 0.1) is 6.54 Å². The number of amides is 2. The smallest absolute Gasteiger partial charge is 0.253 e. The number of ketones is 1. The molecule has 5 rings (SSSR count). The molecule has 6 nitrogen and oxygen atoms in total. The molecule has 0 unspecified atom stereocenters. The van der Waals surface area contributed by atoms with Crippen LogP contribution >= 0.6 is 0 Å². The zero-order valence-corrected chi connectivity index (χ0v) is 17.7. The summed E-state index contributed by atoms with van der Waals surface area (Å²) in [5, 5.41) is 0. The third kappa shape index (κ3) is 3.76. The van der Waals surface area contributed by atoms with Crippen LogP contribution in [0.1, 0.15) is 45.5 Å². The lowest BCUT2D eigenvalue weighted by atomic mass is 10.0. The van der Waals surface area contributed by atoms with Gasteiger partial charge < -0.3 is 9.80 Å². The van der Waals surface area contributed by atoms with Crippen molar-refractivity contribution in [3.8, 4) is 11.1 Å². The second kappa shape index (κ2) is 8.27. The number of fused-ring (bicyclic) bond motifs is 3. The number of benzene rings is 2. The highest BCUT2D eigenvalue weighted by atomic mass is 16.2. The molecule has 31 heavy (non-hydrogen) atoms. The predicted octanol–water partition coefficient (Wildman–Crippen LogP) is 2.67. The Hall–Kier alpha value is -2.99. The van der Waals surface area contributed by atoms with E-state index in [2.05, 4.69) is 4.90 Å². The van der Waals surface area contributed by atoms with Gasteiger partial charge >= 0.3 is 0 Å². The first-order valence-electron chi connectivity index (χ1n) is 11.2. The molecule has 2 aromatic rings. The van der Waals surface area contributed by atoms with E-state index in [1.807, 2.05) is 46.2 Å². The lowest BCUT2D eigenvalue weighted by Gasteiger charge is -2.36. The van der Waals surface area contributed by atoms with Crippen molar-refractivity contribution >= 4 is 17.6 Å². The van der Waals surface area contributed by atoms with Crippen molar-refractivity contribution in [3.63, 3.8) is 0 Å². The summed E-state index contributed by atoms with van der Waals surface area (Å²) in [4.78, 5) is 44.3. The van der Waals surface area contributed by atoms with Crippen LogP contribution in [0.2, 0.25) is 0 Å². The molecule has 2 heterocycles. The van der Waals surface area contributed by atoms with Gasteiger partial charge in [0.25, 0.3) is 5.91 Å². The number of piperazine rings is 1. The van der Waals surface area contributed by atoms with Crippen LogP contribution in [0.3, 0.4) is 0 Å². The molecule has 2 saturated heterocycles. The monoisotopic (exact) mass is 417 g/mol. The van der Waals surface area contributed by atoms with Crippen molar-refractivity contribution in [2.45, 2.75) is 19.3 Å². The molecule has 3 aliphatic rings. The maximum Gasteiger partial charge on any atom is 0.253 e. The SMILES string of the molecule is O=C1c2ccccc2-c2ccc(C(=O)N3CCN(CC(=O)N4CCCCC4)CC3)cc21. The van der Waals surface area contributed by atoms with E-state index in [1.165, 1.54) is 6.42 Å². The van der Waals surface area contributed by atoms with Gasteiger partial charge in [-0.05, 0) is 42.5 Å². The normalized spacial score (nSPS) is 18.6. The van der Waals surface area contributed by atoms with E-state index >= 15 is 0 Å². The maximum atomic E-state index is 13.1. The highest BCUT2D eigenvalue weighted by molar-refractivity contribution is 6.22. The number of carbonyl (C=O) groups is 3. The minimum atomic E-state index is -0.0476. The van der Waals surface area contributed by atoms with Crippen molar-refractivity contribution in [2.75, 3.05) is 45.8 Å². The van der Waals surface area contributed by atoms with Gasteiger partial charge in [-0.25, -0.2) is 0 Å². The Kier molecular flexibility index (Phi) is 5.32. The van der Waals surface area contributed by atoms with Crippen molar-refractivity contribution < 1.29 is 14.4 Å². The second-order valence-electron chi connectivity index (χ2n) is 8.64. The van der Waals surface area contributed by atoms with E-state index < -0.39 is 0 Å². The van der Waals surface area contributed by atoms with Crippen LogP contribution in [0.25, 0.3) is 11.1 Å². The van der Waals surface area contributed by atoms with Crippen LogP contribution in [0, 0.1) is 0 Å².